The average Bonchev–Trinajstić information content (AvgIpc) is 2.21. The van der Waals surface area contributed by atoms with Crippen LogP contribution in [0.15, 0.2) is 0 Å². The van der Waals surface area contributed by atoms with Crippen LogP contribution in [0.5, 0.6) is 0 Å². The molecule has 88 valence electrons. The van der Waals surface area contributed by atoms with Crippen LogP contribution in [-0.2, 0) is 9.59 Å². The summed E-state index contributed by atoms with van der Waals surface area (Å²) in [5, 5.41) is 5.91. The Morgan fingerprint density at radius 3 is 2.40 bits per heavy atom. The molecule has 1 amide bonds. The summed E-state index contributed by atoms with van der Waals surface area (Å²) < 4.78 is 0. The minimum Gasteiger partial charge on any atom is -0.346 e. The van der Waals surface area contributed by atoms with Gasteiger partial charge in [0.25, 0.3) is 0 Å². The summed E-state index contributed by atoms with van der Waals surface area (Å²) in [5.74, 6) is -0.0213. The van der Waals surface area contributed by atoms with Crippen molar-refractivity contribution < 1.29 is 9.59 Å². The van der Waals surface area contributed by atoms with E-state index in [1.54, 1.807) is 6.92 Å². The van der Waals surface area contributed by atoms with Crippen LogP contribution in [-0.4, -0.2) is 30.8 Å². The zero-order chi connectivity index (χ0) is 11.7. The number of carbonyl (C=O) groups is 2. The summed E-state index contributed by atoms with van der Waals surface area (Å²) in [5.41, 5.74) is 0. The van der Waals surface area contributed by atoms with Gasteiger partial charge in [-0.2, -0.15) is 0 Å². The SMILES string of the molecule is CCNCCCC(NC(=O)CC)C(C)=O. The molecule has 4 nitrogen and oxygen atoms in total. The number of carbonyl (C=O) groups excluding carboxylic acids is 2. The molecule has 2 N–H and O–H groups in total. The Morgan fingerprint density at radius 2 is 1.93 bits per heavy atom. The molecule has 15 heavy (non-hydrogen) atoms. The Hall–Kier alpha value is -0.900. The van der Waals surface area contributed by atoms with Crippen molar-refractivity contribution in [3.8, 4) is 0 Å². The number of hydrogen-bond acceptors (Lipinski definition) is 3. The van der Waals surface area contributed by atoms with Crippen molar-refractivity contribution in [2.24, 2.45) is 0 Å². The van der Waals surface area contributed by atoms with E-state index in [1.165, 1.54) is 6.92 Å². The van der Waals surface area contributed by atoms with Crippen LogP contribution in [0.3, 0.4) is 0 Å². The molecule has 0 aliphatic rings. The maximum atomic E-state index is 11.2. The fourth-order valence-corrected chi connectivity index (χ4v) is 1.28. The van der Waals surface area contributed by atoms with Crippen molar-refractivity contribution in [2.75, 3.05) is 13.1 Å². The van der Waals surface area contributed by atoms with Gasteiger partial charge in [-0.3, -0.25) is 9.59 Å². The summed E-state index contributed by atoms with van der Waals surface area (Å²) in [4.78, 5) is 22.4. The fourth-order valence-electron chi connectivity index (χ4n) is 1.28. The Morgan fingerprint density at radius 1 is 1.27 bits per heavy atom. The quantitative estimate of drug-likeness (QED) is 0.589. The van der Waals surface area contributed by atoms with E-state index in [0.717, 1.165) is 19.5 Å². The standard InChI is InChI=1S/C11H22N2O2/c1-4-11(15)13-10(9(3)14)7-6-8-12-5-2/h10,12H,4-8H2,1-3H3,(H,13,15). The third-order valence-electron chi connectivity index (χ3n) is 2.24. The van der Waals surface area contributed by atoms with Crippen LogP contribution in [0.1, 0.15) is 40.0 Å². The summed E-state index contributed by atoms with van der Waals surface area (Å²) in [6, 6.07) is -0.309. The second-order valence-electron chi connectivity index (χ2n) is 3.58. The van der Waals surface area contributed by atoms with Gasteiger partial charge in [0.15, 0.2) is 5.78 Å². The van der Waals surface area contributed by atoms with Crippen molar-refractivity contribution >= 4 is 11.7 Å². The van der Waals surface area contributed by atoms with Gasteiger partial charge in [-0.05, 0) is 32.9 Å². The lowest BCUT2D eigenvalue weighted by Crippen LogP contribution is -2.39. The second-order valence-corrected chi connectivity index (χ2v) is 3.58. The van der Waals surface area contributed by atoms with E-state index in [4.69, 9.17) is 0 Å². The summed E-state index contributed by atoms with van der Waals surface area (Å²) in [7, 11) is 0. The van der Waals surface area contributed by atoms with Crippen LogP contribution >= 0.6 is 0 Å². The van der Waals surface area contributed by atoms with Gasteiger partial charge >= 0.3 is 0 Å². The second kappa shape index (κ2) is 8.41. The van der Waals surface area contributed by atoms with Crippen LogP contribution in [0.25, 0.3) is 0 Å². The highest BCUT2D eigenvalue weighted by Crippen LogP contribution is 1.98. The summed E-state index contributed by atoms with van der Waals surface area (Å²) >= 11 is 0. The maximum absolute atomic E-state index is 11.2. The smallest absolute Gasteiger partial charge is 0.220 e. The molecule has 0 aliphatic carbocycles. The lowest BCUT2D eigenvalue weighted by Gasteiger charge is -2.15. The molecular formula is C11H22N2O2. The summed E-state index contributed by atoms with van der Waals surface area (Å²) in [6.45, 7) is 7.18. The van der Waals surface area contributed by atoms with E-state index in [-0.39, 0.29) is 17.7 Å². The molecule has 4 heteroatoms. The molecule has 0 fully saturated rings. The largest absolute Gasteiger partial charge is 0.346 e. The molecule has 0 saturated heterocycles. The van der Waals surface area contributed by atoms with Crippen LogP contribution in [0, 0.1) is 0 Å². The Kier molecular flexibility index (Phi) is 7.91. The topological polar surface area (TPSA) is 58.2 Å². The van der Waals surface area contributed by atoms with Gasteiger partial charge in [-0.25, -0.2) is 0 Å². The van der Waals surface area contributed by atoms with Crippen LogP contribution < -0.4 is 10.6 Å². The first kappa shape index (κ1) is 14.1. The molecule has 0 spiro atoms. The monoisotopic (exact) mass is 214 g/mol. The molecule has 0 rings (SSSR count). The van der Waals surface area contributed by atoms with Gasteiger partial charge < -0.3 is 10.6 Å². The zero-order valence-electron chi connectivity index (χ0n) is 9.93. The number of Topliss-reactive ketones (excluding diaryl/α,β-unsaturated/α-hetero) is 1. The third kappa shape index (κ3) is 7.08. The van der Waals surface area contributed by atoms with Crippen molar-refractivity contribution in [2.45, 2.75) is 46.1 Å². The van der Waals surface area contributed by atoms with Gasteiger partial charge in [0.05, 0.1) is 6.04 Å². The zero-order valence-corrected chi connectivity index (χ0v) is 9.93. The molecule has 0 bridgehead atoms. The molecule has 0 radical (unpaired) electrons. The van der Waals surface area contributed by atoms with Crippen molar-refractivity contribution in [1.29, 1.82) is 0 Å². The average molecular weight is 214 g/mol. The first-order valence-corrected chi connectivity index (χ1v) is 5.62. The molecule has 0 heterocycles. The molecular weight excluding hydrogens is 192 g/mol. The molecule has 1 unspecified atom stereocenters. The minimum absolute atomic E-state index is 0.0355. The highest BCUT2D eigenvalue weighted by Gasteiger charge is 2.15. The fraction of sp³-hybridized carbons (Fsp3) is 0.818. The molecule has 0 aromatic heterocycles. The van der Waals surface area contributed by atoms with E-state index < -0.39 is 0 Å². The van der Waals surface area contributed by atoms with Crippen LogP contribution in [0.2, 0.25) is 0 Å². The van der Waals surface area contributed by atoms with E-state index in [9.17, 15) is 9.59 Å². The van der Waals surface area contributed by atoms with E-state index in [0.29, 0.717) is 12.8 Å². The Balaban J connectivity index is 3.84. The van der Waals surface area contributed by atoms with Crippen LogP contribution in [0.4, 0.5) is 0 Å². The van der Waals surface area contributed by atoms with E-state index in [1.807, 2.05) is 6.92 Å². The third-order valence-corrected chi connectivity index (χ3v) is 2.24. The Labute approximate surface area is 91.8 Å². The molecule has 0 aromatic rings. The Bertz CT molecular complexity index is 205. The highest BCUT2D eigenvalue weighted by molar-refractivity contribution is 5.87. The lowest BCUT2D eigenvalue weighted by atomic mass is 10.1. The van der Waals surface area contributed by atoms with Gasteiger partial charge in [-0.1, -0.05) is 13.8 Å². The normalized spacial score (nSPS) is 12.2. The molecule has 0 saturated carbocycles. The number of ketones is 1. The van der Waals surface area contributed by atoms with E-state index in [2.05, 4.69) is 10.6 Å². The van der Waals surface area contributed by atoms with Crippen molar-refractivity contribution in [1.82, 2.24) is 10.6 Å². The highest BCUT2D eigenvalue weighted by atomic mass is 16.2. The van der Waals surface area contributed by atoms with Gasteiger partial charge in [-0.15, -0.1) is 0 Å². The number of rotatable bonds is 8. The number of amides is 1. The number of hydrogen-bond donors (Lipinski definition) is 2. The number of nitrogens with one attached hydrogen (secondary N) is 2. The first-order chi connectivity index (χ1) is 7.11. The van der Waals surface area contributed by atoms with Gasteiger partial charge in [0.1, 0.15) is 0 Å². The van der Waals surface area contributed by atoms with E-state index >= 15 is 0 Å². The predicted molar refractivity (Wildman–Crippen MR) is 60.7 cm³/mol. The van der Waals surface area contributed by atoms with Crippen molar-refractivity contribution in [3.63, 3.8) is 0 Å². The first-order valence-electron chi connectivity index (χ1n) is 5.62. The molecule has 0 aromatic carbocycles. The van der Waals surface area contributed by atoms with Crippen molar-refractivity contribution in [3.05, 3.63) is 0 Å². The van der Waals surface area contributed by atoms with Gasteiger partial charge in [0, 0.05) is 6.42 Å². The molecule has 1 atom stereocenters. The minimum atomic E-state index is -0.309. The molecule has 0 aliphatic heterocycles. The van der Waals surface area contributed by atoms with Gasteiger partial charge in [0.2, 0.25) is 5.91 Å². The predicted octanol–water partition coefficient (Wildman–Crippen LogP) is 0.860. The lowest BCUT2D eigenvalue weighted by molar-refractivity contribution is -0.126. The summed E-state index contributed by atoms with van der Waals surface area (Å²) in [6.07, 6.45) is 2.05. The maximum Gasteiger partial charge on any atom is 0.220 e.